The summed E-state index contributed by atoms with van der Waals surface area (Å²) in [6.07, 6.45) is 5.50. The maximum absolute atomic E-state index is 4.28. The van der Waals surface area contributed by atoms with E-state index in [1.165, 1.54) is 0 Å². The first-order chi connectivity index (χ1) is 7.81. The van der Waals surface area contributed by atoms with Crippen LogP contribution >= 0.6 is 0 Å². The van der Waals surface area contributed by atoms with Crippen molar-refractivity contribution in [3.63, 3.8) is 0 Å². The normalized spacial score (nSPS) is 10.8. The van der Waals surface area contributed by atoms with Gasteiger partial charge in [0.15, 0.2) is 5.82 Å². The van der Waals surface area contributed by atoms with E-state index < -0.39 is 0 Å². The summed E-state index contributed by atoms with van der Waals surface area (Å²) in [4.78, 5) is 4.19. The second-order valence-electron chi connectivity index (χ2n) is 3.46. The summed E-state index contributed by atoms with van der Waals surface area (Å²) in [7, 11) is 1.86. The molecule has 0 fully saturated rings. The van der Waals surface area contributed by atoms with Gasteiger partial charge in [0, 0.05) is 25.5 Å². The molecular formula is C10H10N6. The smallest absolute Gasteiger partial charge is 0.246 e. The minimum atomic E-state index is 0.530. The van der Waals surface area contributed by atoms with Crippen LogP contribution in [0.5, 0.6) is 0 Å². The molecule has 0 amide bonds. The maximum atomic E-state index is 4.28. The van der Waals surface area contributed by atoms with Crippen LogP contribution in [0.2, 0.25) is 0 Å². The molecule has 3 aromatic heterocycles. The Hall–Kier alpha value is -2.37. The zero-order valence-electron chi connectivity index (χ0n) is 8.70. The Labute approximate surface area is 91.5 Å². The van der Waals surface area contributed by atoms with Crippen LogP contribution in [0.4, 0.5) is 11.8 Å². The molecule has 0 atom stereocenters. The highest BCUT2D eigenvalue weighted by molar-refractivity contribution is 5.50. The van der Waals surface area contributed by atoms with E-state index in [0.29, 0.717) is 5.95 Å². The van der Waals surface area contributed by atoms with E-state index in [-0.39, 0.29) is 0 Å². The molecule has 1 N–H and O–H groups in total. The van der Waals surface area contributed by atoms with Crippen molar-refractivity contribution in [3.05, 3.63) is 36.8 Å². The van der Waals surface area contributed by atoms with Crippen molar-refractivity contribution in [3.8, 4) is 0 Å². The number of anilines is 2. The van der Waals surface area contributed by atoms with Crippen LogP contribution in [0.1, 0.15) is 0 Å². The molecule has 0 saturated carbocycles. The summed E-state index contributed by atoms with van der Waals surface area (Å²) in [5, 5.41) is 11.5. The molecular weight excluding hydrogens is 204 g/mol. The number of hydrogen-bond donors (Lipinski definition) is 1. The topological polar surface area (TPSA) is 60.0 Å². The van der Waals surface area contributed by atoms with Gasteiger partial charge in [-0.15, -0.1) is 5.10 Å². The van der Waals surface area contributed by atoms with Crippen LogP contribution in [-0.2, 0) is 7.05 Å². The molecule has 16 heavy (non-hydrogen) atoms. The average molecular weight is 214 g/mol. The minimum Gasteiger partial charge on any atom is -0.306 e. The quantitative estimate of drug-likeness (QED) is 0.696. The van der Waals surface area contributed by atoms with E-state index in [1.807, 2.05) is 37.6 Å². The zero-order valence-corrected chi connectivity index (χ0v) is 8.70. The standard InChI is InChI=1S/C10H10N6/c1-15-6-4-9(13-15)12-10-11-7-8-3-2-5-16(8)14-10/h2-7H,1H3,(H,12,13,14). The molecule has 0 aliphatic carbocycles. The number of hydrogen-bond acceptors (Lipinski definition) is 4. The van der Waals surface area contributed by atoms with Crippen LogP contribution < -0.4 is 5.32 Å². The molecule has 0 aromatic carbocycles. The third kappa shape index (κ3) is 1.50. The van der Waals surface area contributed by atoms with Crippen molar-refractivity contribution >= 4 is 17.3 Å². The first kappa shape index (κ1) is 8.90. The number of aryl methyl sites for hydroxylation is 1. The molecule has 0 aliphatic heterocycles. The molecule has 0 radical (unpaired) electrons. The Morgan fingerprint density at radius 3 is 2.94 bits per heavy atom. The summed E-state index contributed by atoms with van der Waals surface area (Å²) in [6.45, 7) is 0. The molecule has 3 heterocycles. The van der Waals surface area contributed by atoms with Gasteiger partial charge in [0.05, 0.1) is 11.7 Å². The van der Waals surface area contributed by atoms with Gasteiger partial charge in [0.2, 0.25) is 5.95 Å². The SMILES string of the molecule is Cn1ccc(Nc2ncc3cccn3n2)n1. The van der Waals surface area contributed by atoms with Crippen molar-refractivity contribution in [2.45, 2.75) is 0 Å². The predicted molar refractivity (Wildman–Crippen MR) is 59.5 cm³/mol. The van der Waals surface area contributed by atoms with Gasteiger partial charge < -0.3 is 5.32 Å². The van der Waals surface area contributed by atoms with E-state index in [1.54, 1.807) is 15.4 Å². The molecule has 80 valence electrons. The highest BCUT2D eigenvalue weighted by Crippen LogP contribution is 2.09. The second kappa shape index (κ2) is 3.34. The van der Waals surface area contributed by atoms with Crippen molar-refractivity contribution < 1.29 is 0 Å². The van der Waals surface area contributed by atoms with E-state index >= 15 is 0 Å². The largest absolute Gasteiger partial charge is 0.306 e. The minimum absolute atomic E-state index is 0.530. The third-order valence-corrected chi connectivity index (χ3v) is 2.23. The summed E-state index contributed by atoms with van der Waals surface area (Å²) < 4.78 is 3.48. The summed E-state index contributed by atoms with van der Waals surface area (Å²) in [6, 6.07) is 5.74. The third-order valence-electron chi connectivity index (χ3n) is 2.23. The first-order valence-electron chi connectivity index (χ1n) is 4.88. The van der Waals surface area contributed by atoms with Gasteiger partial charge in [0.1, 0.15) is 0 Å². The van der Waals surface area contributed by atoms with Crippen molar-refractivity contribution in [2.24, 2.45) is 7.05 Å². The zero-order chi connectivity index (χ0) is 11.0. The molecule has 0 bridgehead atoms. The fourth-order valence-corrected chi connectivity index (χ4v) is 1.49. The highest BCUT2D eigenvalue weighted by Gasteiger charge is 2.01. The lowest BCUT2D eigenvalue weighted by Crippen LogP contribution is -2.01. The number of aromatic nitrogens is 5. The maximum Gasteiger partial charge on any atom is 0.246 e. The summed E-state index contributed by atoms with van der Waals surface area (Å²) in [5.41, 5.74) is 0.964. The van der Waals surface area contributed by atoms with Gasteiger partial charge >= 0.3 is 0 Å². The molecule has 0 unspecified atom stereocenters. The van der Waals surface area contributed by atoms with Gasteiger partial charge in [-0.2, -0.15) is 5.10 Å². The lowest BCUT2D eigenvalue weighted by molar-refractivity contribution is 0.770. The molecule has 0 spiro atoms. The van der Waals surface area contributed by atoms with Crippen LogP contribution in [0.25, 0.3) is 5.52 Å². The number of nitrogens with zero attached hydrogens (tertiary/aromatic N) is 5. The van der Waals surface area contributed by atoms with Gasteiger partial charge in [-0.05, 0) is 12.1 Å². The molecule has 3 rings (SSSR count). The Kier molecular flexibility index (Phi) is 1.86. The highest BCUT2D eigenvalue weighted by atomic mass is 15.3. The van der Waals surface area contributed by atoms with Crippen LogP contribution in [0.3, 0.4) is 0 Å². The Morgan fingerprint density at radius 1 is 1.19 bits per heavy atom. The molecule has 6 nitrogen and oxygen atoms in total. The van der Waals surface area contributed by atoms with Crippen molar-refractivity contribution in [1.29, 1.82) is 0 Å². The fraction of sp³-hybridized carbons (Fsp3) is 0.100. The van der Waals surface area contributed by atoms with E-state index in [2.05, 4.69) is 20.5 Å². The molecule has 6 heteroatoms. The summed E-state index contributed by atoms with van der Waals surface area (Å²) in [5.74, 6) is 1.26. The first-order valence-corrected chi connectivity index (χ1v) is 4.88. The number of rotatable bonds is 2. The van der Waals surface area contributed by atoms with Crippen LogP contribution in [0, 0.1) is 0 Å². The van der Waals surface area contributed by atoms with Gasteiger partial charge in [-0.1, -0.05) is 0 Å². The van der Waals surface area contributed by atoms with E-state index in [9.17, 15) is 0 Å². The van der Waals surface area contributed by atoms with Crippen LogP contribution in [-0.4, -0.2) is 24.4 Å². The predicted octanol–water partition coefficient (Wildman–Crippen LogP) is 1.21. The molecule has 3 aromatic rings. The van der Waals surface area contributed by atoms with Gasteiger partial charge in [-0.3, -0.25) is 4.68 Å². The Balaban J connectivity index is 1.94. The van der Waals surface area contributed by atoms with E-state index in [4.69, 9.17) is 0 Å². The van der Waals surface area contributed by atoms with E-state index in [0.717, 1.165) is 11.3 Å². The van der Waals surface area contributed by atoms with Crippen LogP contribution in [0.15, 0.2) is 36.8 Å². The average Bonchev–Trinajstić information content (AvgIpc) is 2.87. The van der Waals surface area contributed by atoms with Crippen molar-refractivity contribution in [2.75, 3.05) is 5.32 Å². The molecule has 0 saturated heterocycles. The number of fused-ring (bicyclic) bond motifs is 1. The van der Waals surface area contributed by atoms with Crippen molar-refractivity contribution in [1.82, 2.24) is 24.4 Å². The molecule has 0 aliphatic rings. The van der Waals surface area contributed by atoms with Gasteiger partial charge in [-0.25, -0.2) is 9.50 Å². The fourth-order valence-electron chi connectivity index (χ4n) is 1.49. The lowest BCUT2D eigenvalue weighted by Gasteiger charge is -2.01. The number of nitrogens with one attached hydrogen (secondary N) is 1. The Bertz CT molecular complexity index is 623. The van der Waals surface area contributed by atoms with Gasteiger partial charge in [0.25, 0.3) is 0 Å². The Morgan fingerprint density at radius 2 is 2.12 bits per heavy atom. The monoisotopic (exact) mass is 214 g/mol. The summed E-state index contributed by atoms with van der Waals surface area (Å²) >= 11 is 0. The lowest BCUT2D eigenvalue weighted by atomic mass is 10.5. The second-order valence-corrected chi connectivity index (χ2v) is 3.46.